The number of anilines is 1. The van der Waals surface area contributed by atoms with Crippen molar-refractivity contribution in [2.24, 2.45) is 0 Å². The van der Waals surface area contributed by atoms with Crippen molar-refractivity contribution in [1.82, 2.24) is 9.97 Å². The maximum absolute atomic E-state index is 11.7. The summed E-state index contributed by atoms with van der Waals surface area (Å²) in [5, 5.41) is 2.71. The second-order valence-electron chi connectivity index (χ2n) is 4.08. The third-order valence-corrected chi connectivity index (χ3v) is 2.64. The highest BCUT2D eigenvalue weighted by molar-refractivity contribution is 6.01. The predicted octanol–water partition coefficient (Wildman–Crippen LogP) is 2.87. The monoisotopic (exact) mass is 265 g/mol. The van der Waals surface area contributed by atoms with E-state index in [1.54, 1.807) is 24.5 Å². The molecule has 5 heteroatoms. The second-order valence-corrected chi connectivity index (χ2v) is 4.08. The molecule has 0 saturated carbocycles. The highest BCUT2D eigenvalue weighted by Gasteiger charge is 2.02. The predicted molar refractivity (Wildman–Crippen MR) is 75.9 cm³/mol. The maximum Gasteiger partial charge on any atom is 0.248 e. The fourth-order valence-corrected chi connectivity index (χ4v) is 1.73. The summed E-state index contributed by atoms with van der Waals surface area (Å²) in [5.41, 5.74) is 2.15. The Morgan fingerprint density at radius 1 is 1.15 bits per heavy atom. The van der Waals surface area contributed by atoms with Crippen LogP contribution in [0.4, 0.5) is 5.69 Å². The minimum Gasteiger partial charge on any atom is -0.437 e. The number of nitrogens with one attached hydrogen (secondary N) is 1. The minimum absolute atomic E-state index is 0.251. The summed E-state index contributed by atoms with van der Waals surface area (Å²) in [4.78, 5) is 19.8. The molecule has 0 aliphatic carbocycles. The van der Waals surface area contributed by atoms with Gasteiger partial charge in [0, 0.05) is 30.2 Å². The lowest BCUT2D eigenvalue weighted by Crippen LogP contribution is -2.07. The molecule has 3 rings (SSSR count). The number of aromatic nitrogens is 2. The van der Waals surface area contributed by atoms with Crippen molar-refractivity contribution < 1.29 is 9.21 Å². The van der Waals surface area contributed by atoms with Gasteiger partial charge < -0.3 is 9.73 Å². The summed E-state index contributed by atoms with van der Waals surface area (Å²) in [5.74, 6) is 0.148. The lowest BCUT2D eigenvalue weighted by atomic mass is 10.3. The Morgan fingerprint density at radius 3 is 2.75 bits per heavy atom. The summed E-state index contributed by atoms with van der Waals surface area (Å²) >= 11 is 0. The lowest BCUT2D eigenvalue weighted by Gasteiger charge is -1.99. The molecule has 0 aliphatic heterocycles. The average molecular weight is 265 g/mol. The Balaban J connectivity index is 1.72. The largest absolute Gasteiger partial charge is 0.437 e. The van der Waals surface area contributed by atoms with Crippen molar-refractivity contribution in [2.45, 2.75) is 0 Å². The van der Waals surface area contributed by atoms with Gasteiger partial charge in [-0.2, -0.15) is 0 Å². The van der Waals surface area contributed by atoms with Crippen molar-refractivity contribution in [3.8, 4) is 0 Å². The summed E-state index contributed by atoms with van der Waals surface area (Å²) in [6.45, 7) is 0. The standard InChI is InChI=1S/C15H11N3O2/c19-14(17-11-7-9-16-10-8-11)5-6-15-18-12-3-1-2-4-13(12)20-15/h1-10H,(H,16,17,19)/b6-5+. The van der Waals surface area contributed by atoms with Gasteiger partial charge in [-0.3, -0.25) is 9.78 Å². The number of hydrogen-bond acceptors (Lipinski definition) is 4. The summed E-state index contributed by atoms with van der Waals surface area (Å²) in [6, 6.07) is 10.9. The number of benzene rings is 1. The Bertz CT molecular complexity index is 730. The van der Waals surface area contributed by atoms with Gasteiger partial charge in [0.25, 0.3) is 0 Å². The van der Waals surface area contributed by atoms with Crippen LogP contribution in [-0.2, 0) is 4.79 Å². The molecule has 1 aromatic carbocycles. The number of fused-ring (bicyclic) bond motifs is 1. The molecule has 0 aliphatic rings. The number of hydrogen-bond donors (Lipinski definition) is 1. The first-order valence-corrected chi connectivity index (χ1v) is 6.06. The zero-order valence-electron chi connectivity index (χ0n) is 10.5. The highest BCUT2D eigenvalue weighted by Crippen LogP contribution is 2.15. The smallest absolute Gasteiger partial charge is 0.248 e. The van der Waals surface area contributed by atoms with Gasteiger partial charge in [0.05, 0.1) is 0 Å². The Morgan fingerprint density at radius 2 is 1.95 bits per heavy atom. The molecule has 0 unspecified atom stereocenters. The molecule has 0 radical (unpaired) electrons. The van der Waals surface area contributed by atoms with E-state index in [0.717, 1.165) is 5.52 Å². The van der Waals surface area contributed by atoms with Crippen LogP contribution in [0.1, 0.15) is 5.89 Å². The van der Waals surface area contributed by atoms with Gasteiger partial charge in [0.1, 0.15) is 5.52 Å². The maximum atomic E-state index is 11.7. The molecule has 98 valence electrons. The van der Waals surface area contributed by atoms with Gasteiger partial charge in [-0.1, -0.05) is 12.1 Å². The normalized spacial score (nSPS) is 11.0. The first-order valence-electron chi connectivity index (χ1n) is 6.06. The molecule has 0 fully saturated rings. The molecule has 1 N–H and O–H groups in total. The van der Waals surface area contributed by atoms with E-state index < -0.39 is 0 Å². The van der Waals surface area contributed by atoms with Crippen LogP contribution in [-0.4, -0.2) is 15.9 Å². The van der Waals surface area contributed by atoms with E-state index in [4.69, 9.17) is 4.42 Å². The Labute approximate surface area is 115 Å². The molecule has 3 aromatic rings. The van der Waals surface area contributed by atoms with Crippen LogP contribution in [0, 0.1) is 0 Å². The number of oxazole rings is 1. The van der Waals surface area contributed by atoms with E-state index >= 15 is 0 Å². The fourth-order valence-electron chi connectivity index (χ4n) is 1.73. The SMILES string of the molecule is O=C(/C=C/c1nc2ccccc2o1)Nc1ccncc1. The molecule has 0 atom stereocenters. The highest BCUT2D eigenvalue weighted by atomic mass is 16.3. The first kappa shape index (κ1) is 12.1. The second kappa shape index (κ2) is 5.36. The average Bonchev–Trinajstić information content (AvgIpc) is 2.89. The molecule has 0 bridgehead atoms. The Hall–Kier alpha value is -2.95. The van der Waals surface area contributed by atoms with E-state index in [0.29, 0.717) is 17.2 Å². The number of pyridine rings is 1. The fraction of sp³-hybridized carbons (Fsp3) is 0. The van der Waals surface area contributed by atoms with E-state index in [1.165, 1.54) is 12.2 Å². The van der Waals surface area contributed by atoms with Crippen molar-refractivity contribution in [2.75, 3.05) is 5.32 Å². The molecule has 5 nitrogen and oxygen atoms in total. The van der Waals surface area contributed by atoms with Crippen molar-refractivity contribution in [1.29, 1.82) is 0 Å². The van der Waals surface area contributed by atoms with Gasteiger partial charge in [-0.15, -0.1) is 0 Å². The van der Waals surface area contributed by atoms with E-state index in [2.05, 4.69) is 15.3 Å². The number of nitrogens with zero attached hydrogens (tertiary/aromatic N) is 2. The molecule has 0 saturated heterocycles. The van der Waals surface area contributed by atoms with Crippen LogP contribution >= 0.6 is 0 Å². The van der Waals surface area contributed by atoms with Crippen LogP contribution < -0.4 is 5.32 Å². The van der Waals surface area contributed by atoms with E-state index in [9.17, 15) is 4.79 Å². The first-order chi connectivity index (χ1) is 9.81. The van der Waals surface area contributed by atoms with Crippen LogP contribution in [0.25, 0.3) is 17.2 Å². The number of amides is 1. The summed E-state index contributed by atoms with van der Waals surface area (Å²) in [7, 11) is 0. The minimum atomic E-state index is -0.251. The van der Waals surface area contributed by atoms with Crippen LogP contribution in [0.5, 0.6) is 0 Å². The third-order valence-electron chi connectivity index (χ3n) is 2.64. The van der Waals surface area contributed by atoms with Crippen molar-refractivity contribution >= 4 is 28.8 Å². The van der Waals surface area contributed by atoms with Gasteiger partial charge in [-0.25, -0.2) is 4.98 Å². The third kappa shape index (κ3) is 2.72. The van der Waals surface area contributed by atoms with Crippen LogP contribution in [0.2, 0.25) is 0 Å². The van der Waals surface area contributed by atoms with E-state index in [-0.39, 0.29) is 5.91 Å². The van der Waals surface area contributed by atoms with Crippen LogP contribution in [0.3, 0.4) is 0 Å². The van der Waals surface area contributed by atoms with E-state index in [1.807, 2.05) is 24.3 Å². The number of rotatable bonds is 3. The molecule has 2 aromatic heterocycles. The quantitative estimate of drug-likeness (QED) is 0.739. The van der Waals surface area contributed by atoms with Crippen LogP contribution in [0.15, 0.2) is 59.3 Å². The molecular weight excluding hydrogens is 254 g/mol. The molecule has 1 amide bonds. The van der Waals surface area contributed by atoms with Gasteiger partial charge in [-0.05, 0) is 24.3 Å². The number of para-hydroxylation sites is 2. The van der Waals surface area contributed by atoms with Crippen molar-refractivity contribution in [3.05, 3.63) is 60.8 Å². The molecular formula is C15H11N3O2. The number of carbonyl (C=O) groups is 1. The Kier molecular flexibility index (Phi) is 3.24. The molecule has 0 spiro atoms. The summed E-state index contributed by atoms with van der Waals surface area (Å²) in [6.07, 6.45) is 6.14. The molecule has 20 heavy (non-hydrogen) atoms. The van der Waals surface area contributed by atoms with Gasteiger partial charge in [0.15, 0.2) is 5.58 Å². The topological polar surface area (TPSA) is 68.0 Å². The van der Waals surface area contributed by atoms with Gasteiger partial charge >= 0.3 is 0 Å². The number of carbonyl (C=O) groups excluding carboxylic acids is 1. The van der Waals surface area contributed by atoms with Gasteiger partial charge in [0.2, 0.25) is 11.8 Å². The lowest BCUT2D eigenvalue weighted by molar-refractivity contribution is -0.111. The summed E-state index contributed by atoms with van der Waals surface area (Å²) < 4.78 is 5.48. The molecule has 2 heterocycles. The van der Waals surface area contributed by atoms with Crippen molar-refractivity contribution in [3.63, 3.8) is 0 Å². The zero-order chi connectivity index (χ0) is 13.8. The zero-order valence-corrected chi connectivity index (χ0v) is 10.5.